The second-order valence-electron chi connectivity index (χ2n) is 8.47. The average Bonchev–Trinajstić information content (AvgIpc) is 3.10. The zero-order valence-electron chi connectivity index (χ0n) is 17.9. The minimum Gasteiger partial charge on any atom is -0.446 e. The van der Waals surface area contributed by atoms with E-state index in [0.29, 0.717) is 50.9 Å². The van der Waals surface area contributed by atoms with E-state index in [1.54, 1.807) is 4.90 Å². The van der Waals surface area contributed by atoms with Crippen molar-refractivity contribution in [3.8, 4) is 5.75 Å². The van der Waals surface area contributed by atoms with E-state index in [1.165, 1.54) is 24.3 Å². The van der Waals surface area contributed by atoms with Crippen molar-refractivity contribution in [3.63, 3.8) is 0 Å². The molecule has 6 nitrogen and oxygen atoms in total. The van der Waals surface area contributed by atoms with E-state index in [9.17, 15) is 22.8 Å². The van der Waals surface area contributed by atoms with E-state index in [0.717, 1.165) is 5.56 Å². The first-order valence-corrected chi connectivity index (χ1v) is 10.9. The second kappa shape index (κ2) is 9.33. The lowest BCUT2D eigenvalue weighted by Crippen LogP contribution is -2.40. The van der Waals surface area contributed by atoms with Gasteiger partial charge in [0, 0.05) is 18.8 Å². The number of rotatable bonds is 5. The van der Waals surface area contributed by atoms with Gasteiger partial charge in [-0.05, 0) is 61.9 Å². The standard InChI is InChI=1S/C24H25F3N2O4/c25-24(26,27)33-20-8-6-18(7-9-20)29-15-14-23(21(29)30)12-10-19(11-13-23)32-22(31)28-16-17-4-2-1-3-5-17/h1-9,19H,10-16H2,(H,28,31). The van der Waals surface area contributed by atoms with Crippen molar-refractivity contribution in [2.75, 3.05) is 11.4 Å². The molecular weight excluding hydrogens is 437 g/mol. The molecule has 0 atom stereocenters. The Bertz CT molecular complexity index is 971. The fraction of sp³-hybridized carbons (Fsp3) is 0.417. The monoisotopic (exact) mass is 462 g/mol. The Morgan fingerprint density at radius 3 is 2.33 bits per heavy atom. The molecular formula is C24H25F3N2O4. The fourth-order valence-electron chi connectivity index (χ4n) is 4.58. The molecule has 0 radical (unpaired) electrons. The number of nitrogens with one attached hydrogen (secondary N) is 1. The molecule has 4 rings (SSSR count). The Kier molecular flexibility index (Phi) is 6.49. The molecule has 2 aromatic rings. The average molecular weight is 462 g/mol. The molecule has 1 aliphatic heterocycles. The van der Waals surface area contributed by atoms with Gasteiger partial charge in [-0.15, -0.1) is 13.2 Å². The van der Waals surface area contributed by atoms with Crippen molar-refractivity contribution < 1.29 is 32.2 Å². The molecule has 9 heteroatoms. The van der Waals surface area contributed by atoms with Gasteiger partial charge in [0.2, 0.25) is 5.91 Å². The lowest BCUT2D eigenvalue weighted by Gasteiger charge is -2.35. The summed E-state index contributed by atoms with van der Waals surface area (Å²) in [6.45, 7) is 0.887. The highest BCUT2D eigenvalue weighted by molar-refractivity contribution is 6.00. The number of hydrogen-bond acceptors (Lipinski definition) is 4. The van der Waals surface area contributed by atoms with E-state index in [-0.39, 0.29) is 17.8 Å². The molecule has 1 aliphatic carbocycles. The Labute approximate surface area is 189 Å². The van der Waals surface area contributed by atoms with E-state index < -0.39 is 17.9 Å². The number of anilines is 1. The first-order valence-electron chi connectivity index (χ1n) is 10.9. The minimum absolute atomic E-state index is 0.0287. The third-order valence-electron chi connectivity index (χ3n) is 6.34. The first kappa shape index (κ1) is 22.9. The third-order valence-corrected chi connectivity index (χ3v) is 6.34. The summed E-state index contributed by atoms with van der Waals surface area (Å²) in [5.74, 6) is -0.352. The van der Waals surface area contributed by atoms with Crippen LogP contribution in [0.4, 0.5) is 23.7 Å². The maximum atomic E-state index is 13.2. The normalized spacial score (nSPS) is 22.9. The number of carbonyl (C=O) groups excluding carboxylic acids is 2. The lowest BCUT2D eigenvalue weighted by atomic mass is 9.72. The summed E-state index contributed by atoms with van der Waals surface area (Å²) in [7, 11) is 0. The Hall–Kier alpha value is -3.23. The molecule has 0 bridgehead atoms. The maximum Gasteiger partial charge on any atom is 0.573 e. The summed E-state index contributed by atoms with van der Waals surface area (Å²) in [6, 6.07) is 14.9. The summed E-state index contributed by atoms with van der Waals surface area (Å²) in [5.41, 5.74) is 1.01. The van der Waals surface area contributed by atoms with Gasteiger partial charge < -0.3 is 19.7 Å². The van der Waals surface area contributed by atoms with Gasteiger partial charge in [0.05, 0.1) is 5.41 Å². The summed E-state index contributed by atoms with van der Waals surface area (Å²) in [5, 5.41) is 2.75. The van der Waals surface area contributed by atoms with Crippen LogP contribution < -0.4 is 15.0 Å². The van der Waals surface area contributed by atoms with Gasteiger partial charge in [-0.25, -0.2) is 4.79 Å². The summed E-state index contributed by atoms with van der Waals surface area (Å²) in [6.07, 6.45) is -2.41. The van der Waals surface area contributed by atoms with Crippen LogP contribution >= 0.6 is 0 Å². The molecule has 1 saturated heterocycles. The number of alkyl carbamates (subject to hydrolysis) is 1. The molecule has 1 saturated carbocycles. The highest BCUT2D eigenvalue weighted by Crippen LogP contribution is 2.46. The van der Waals surface area contributed by atoms with Gasteiger partial charge in [-0.1, -0.05) is 30.3 Å². The molecule has 176 valence electrons. The zero-order chi connectivity index (χ0) is 23.5. The van der Waals surface area contributed by atoms with E-state index >= 15 is 0 Å². The molecule has 0 unspecified atom stereocenters. The van der Waals surface area contributed by atoms with E-state index in [2.05, 4.69) is 10.1 Å². The Morgan fingerprint density at radius 1 is 1.03 bits per heavy atom. The number of amides is 2. The van der Waals surface area contributed by atoms with Crippen LogP contribution in [0.15, 0.2) is 54.6 Å². The molecule has 2 aliphatic rings. The molecule has 1 spiro atoms. The third kappa shape index (κ3) is 5.58. The van der Waals surface area contributed by atoms with Gasteiger partial charge in [-0.2, -0.15) is 0 Å². The van der Waals surface area contributed by atoms with Crippen LogP contribution in [-0.2, 0) is 16.1 Å². The number of carbonyl (C=O) groups is 2. The van der Waals surface area contributed by atoms with Crippen LogP contribution in [0.3, 0.4) is 0 Å². The number of hydrogen-bond donors (Lipinski definition) is 1. The van der Waals surface area contributed by atoms with Gasteiger partial charge in [0.25, 0.3) is 0 Å². The zero-order valence-corrected chi connectivity index (χ0v) is 17.9. The predicted molar refractivity (Wildman–Crippen MR) is 115 cm³/mol. The first-order chi connectivity index (χ1) is 15.7. The van der Waals surface area contributed by atoms with Crippen LogP contribution in [0.5, 0.6) is 5.75 Å². The van der Waals surface area contributed by atoms with Crippen molar-refractivity contribution in [2.24, 2.45) is 5.41 Å². The lowest BCUT2D eigenvalue weighted by molar-refractivity contribution is -0.274. The topological polar surface area (TPSA) is 67.9 Å². The Balaban J connectivity index is 1.28. The number of halogens is 3. The van der Waals surface area contributed by atoms with Crippen molar-refractivity contribution >= 4 is 17.7 Å². The highest BCUT2D eigenvalue weighted by Gasteiger charge is 2.49. The van der Waals surface area contributed by atoms with Gasteiger partial charge in [-0.3, -0.25) is 4.79 Å². The largest absolute Gasteiger partial charge is 0.573 e. The molecule has 1 heterocycles. The minimum atomic E-state index is -4.76. The van der Waals surface area contributed by atoms with Crippen LogP contribution in [-0.4, -0.2) is 31.0 Å². The van der Waals surface area contributed by atoms with Crippen LogP contribution in [0.2, 0.25) is 0 Å². The number of ether oxygens (including phenoxy) is 2. The molecule has 2 fully saturated rings. The van der Waals surface area contributed by atoms with Gasteiger partial charge in [0.1, 0.15) is 11.9 Å². The van der Waals surface area contributed by atoms with Crippen LogP contribution in [0, 0.1) is 5.41 Å². The molecule has 2 amide bonds. The van der Waals surface area contributed by atoms with Gasteiger partial charge >= 0.3 is 12.5 Å². The summed E-state index contributed by atoms with van der Waals surface area (Å²) < 4.78 is 46.5. The summed E-state index contributed by atoms with van der Waals surface area (Å²) >= 11 is 0. The van der Waals surface area contributed by atoms with Gasteiger partial charge in [0.15, 0.2) is 0 Å². The fourth-order valence-corrected chi connectivity index (χ4v) is 4.58. The van der Waals surface area contributed by atoms with E-state index in [1.807, 2.05) is 30.3 Å². The summed E-state index contributed by atoms with van der Waals surface area (Å²) in [4.78, 5) is 26.9. The molecule has 0 aromatic heterocycles. The number of benzene rings is 2. The smallest absolute Gasteiger partial charge is 0.446 e. The van der Waals surface area contributed by atoms with Crippen molar-refractivity contribution in [1.82, 2.24) is 5.32 Å². The van der Waals surface area contributed by atoms with Crippen molar-refractivity contribution in [3.05, 3.63) is 60.2 Å². The highest BCUT2D eigenvalue weighted by atomic mass is 19.4. The molecule has 2 aromatic carbocycles. The quantitative estimate of drug-likeness (QED) is 0.665. The maximum absolute atomic E-state index is 13.2. The second-order valence-corrected chi connectivity index (χ2v) is 8.47. The van der Waals surface area contributed by atoms with Crippen LogP contribution in [0.1, 0.15) is 37.7 Å². The van der Waals surface area contributed by atoms with E-state index in [4.69, 9.17) is 4.74 Å². The molecule has 33 heavy (non-hydrogen) atoms. The van der Waals surface area contributed by atoms with Crippen molar-refractivity contribution in [1.29, 1.82) is 0 Å². The predicted octanol–water partition coefficient (Wildman–Crippen LogP) is 5.18. The Morgan fingerprint density at radius 2 is 1.70 bits per heavy atom. The SMILES string of the molecule is O=C(NCc1ccccc1)OC1CCC2(CC1)CCN(c1ccc(OC(F)(F)F)cc1)C2=O. The molecule has 1 N–H and O–H groups in total. The number of alkyl halides is 3. The van der Waals surface area contributed by atoms with Crippen molar-refractivity contribution in [2.45, 2.75) is 51.1 Å². The number of nitrogens with zero attached hydrogens (tertiary/aromatic N) is 1. The van der Waals surface area contributed by atoms with Crippen LogP contribution in [0.25, 0.3) is 0 Å².